The molecule has 0 aliphatic heterocycles. The summed E-state index contributed by atoms with van der Waals surface area (Å²) in [6, 6.07) is 0.462. The van der Waals surface area contributed by atoms with E-state index in [1.807, 2.05) is 0 Å². The van der Waals surface area contributed by atoms with Gasteiger partial charge in [0.25, 0.3) is 0 Å². The van der Waals surface area contributed by atoms with E-state index in [-0.39, 0.29) is 0 Å². The van der Waals surface area contributed by atoms with Crippen LogP contribution in [0, 0.1) is 5.92 Å². The highest BCUT2D eigenvalue weighted by molar-refractivity contribution is 5.13. The molecule has 0 saturated heterocycles. The van der Waals surface area contributed by atoms with Crippen LogP contribution in [-0.2, 0) is 9.57 Å². The lowest BCUT2D eigenvalue weighted by Gasteiger charge is -2.24. The number of ether oxygens (including phenoxy) is 1. The van der Waals surface area contributed by atoms with Crippen molar-refractivity contribution in [1.29, 1.82) is 0 Å². The molecule has 2 rings (SSSR count). The van der Waals surface area contributed by atoms with E-state index in [1.54, 1.807) is 11.1 Å². The number of hydrogen-bond donors (Lipinski definition) is 1. The first-order valence-electron chi connectivity index (χ1n) is 18.4. The molecule has 3 nitrogen and oxygen atoms in total. The van der Waals surface area contributed by atoms with Gasteiger partial charge < -0.3 is 9.57 Å². The van der Waals surface area contributed by atoms with Gasteiger partial charge in [-0.25, -0.2) is 0 Å². The van der Waals surface area contributed by atoms with Crippen LogP contribution in [-0.4, -0.2) is 19.3 Å². The molecule has 0 amide bonds. The van der Waals surface area contributed by atoms with Gasteiger partial charge in [0, 0.05) is 12.0 Å². The third kappa shape index (κ3) is 19.9. The lowest BCUT2D eigenvalue weighted by atomic mass is 9.87. The summed E-state index contributed by atoms with van der Waals surface area (Å²) in [6.07, 6.45) is 35.4. The topological polar surface area (TPSA) is 30.5 Å². The van der Waals surface area contributed by atoms with Crippen molar-refractivity contribution in [2.24, 2.45) is 5.92 Å². The maximum absolute atomic E-state index is 6.07. The Morgan fingerprint density at radius 2 is 1.27 bits per heavy atom. The van der Waals surface area contributed by atoms with Crippen LogP contribution in [0.3, 0.4) is 0 Å². The van der Waals surface area contributed by atoms with Crippen LogP contribution < -0.4 is 5.48 Å². The normalized spacial score (nSPS) is 19.1. The van der Waals surface area contributed by atoms with Gasteiger partial charge in [0.15, 0.2) is 0 Å². The molecule has 0 aromatic heterocycles. The number of unbranched alkanes of at least 4 members (excludes halogenated alkanes) is 3. The maximum Gasteiger partial charge on any atom is 0.0922 e. The first-order chi connectivity index (χ1) is 21.7. The smallest absolute Gasteiger partial charge is 0.0922 e. The van der Waals surface area contributed by atoms with Crippen LogP contribution in [0.15, 0.2) is 82.2 Å². The Morgan fingerprint density at radius 1 is 0.711 bits per heavy atom. The Morgan fingerprint density at radius 3 is 1.78 bits per heavy atom. The molecule has 0 radical (unpaired) electrons. The number of hydroxylamine groups is 1. The number of nitrogens with one attached hydrogen (secondary N) is 1. The molecule has 0 aromatic rings. The fourth-order valence-corrected chi connectivity index (χ4v) is 6.15. The Kier molecular flexibility index (Phi) is 21.0. The van der Waals surface area contributed by atoms with E-state index in [0.29, 0.717) is 12.0 Å². The zero-order valence-corrected chi connectivity index (χ0v) is 30.3. The summed E-state index contributed by atoms with van der Waals surface area (Å²) in [4.78, 5) is 5.82. The van der Waals surface area contributed by atoms with Crippen molar-refractivity contribution >= 4 is 0 Å². The summed E-state index contributed by atoms with van der Waals surface area (Å²) in [7, 11) is 0. The predicted molar refractivity (Wildman–Crippen MR) is 197 cm³/mol. The van der Waals surface area contributed by atoms with Crippen molar-refractivity contribution in [3.8, 4) is 0 Å². The van der Waals surface area contributed by atoms with Crippen molar-refractivity contribution in [3.63, 3.8) is 0 Å². The Balaban J connectivity index is 1.43. The van der Waals surface area contributed by atoms with Crippen molar-refractivity contribution in [3.05, 3.63) is 82.2 Å². The fourth-order valence-electron chi connectivity index (χ4n) is 6.15. The molecule has 2 unspecified atom stereocenters. The lowest BCUT2D eigenvalue weighted by Crippen LogP contribution is -2.31. The summed E-state index contributed by atoms with van der Waals surface area (Å²) in [6.45, 7) is 19.1. The van der Waals surface area contributed by atoms with Gasteiger partial charge in [0.1, 0.15) is 0 Å². The second-order valence-corrected chi connectivity index (χ2v) is 14.2. The van der Waals surface area contributed by atoms with E-state index in [2.05, 4.69) is 90.1 Å². The SMILES string of the molecule is C=C(OCCCCCCONC1CC=C(CC/C=C(\C)CCC=C(C)C)CC1)C1CC=C(CC/C=C(\C)CCC=C(C)C)CC1. The molecule has 2 atom stereocenters. The Hall–Kier alpha value is -2.10. The summed E-state index contributed by atoms with van der Waals surface area (Å²) < 4.78 is 6.07. The molecule has 1 N–H and O–H groups in total. The van der Waals surface area contributed by atoms with E-state index < -0.39 is 0 Å². The van der Waals surface area contributed by atoms with Gasteiger partial charge >= 0.3 is 0 Å². The quantitative estimate of drug-likeness (QED) is 0.0534. The standard InChI is InChI=1S/C42H69NO2/c1-34(2)16-12-18-36(5)20-14-22-39-24-28-41(29-25-39)38(7)44-32-10-8-9-11-33-45-43-42-30-26-40(27-31-42)23-15-21-37(6)19-13-17-35(3)4/h16-17,20-21,24,26,41-43H,7-15,18-19,22-23,25,27-33H2,1-6H3/b36-20+,37-21+. The van der Waals surface area contributed by atoms with E-state index in [9.17, 15) is 0 Å². The summed E-state index contributed by atoms with van der Waals surface area (Å²) in [5.41, 5.74) is 12.4. The first-order valence-corrected chi connectivity index (χ1v) is 18.4. The molecule has 0 aromatic carbocycles. The molecular weight excluding hydrogens is 550 g/mol. The molecule has 0 heterocycles. The monoisotopic (exact) mass is 620 g/mol. The van der Waals surface area contributed by atoms with Crippen molar-refractivity contribution < 1.29 is 9.57 Å². The van der Waals surface area contributed by atoms with E-state index in [1.165, 1.54) is 112 Å². The van der Waals surface area contributed by atoms with Crippen molar-refractivity contribution in [2.75, 3.05) is 13.2 Å². The number of hydrogen-bond acceptors (Lipinski definition) is 3. The summed E-state index contributed by atoms with van der Waals surface area (Å²) >= 11 is 0. The van der Waals surface area contributed by atoms with E-state index in [4.69, 9.17) is 9.57 Å². The number of rotatable bonds is 23. The van der Waals surface area contributed by atoms with Crippen LogP contribution in [0.2, 0.25) is 0 Å². The third-order valence-electron chi connectivity index (χ3n) is 9.24. The average molecular weight is 620 g/mol. The summed E-state index contributed by atoms with van der Waals surface area (Å²) in [5, 5.41) is 0. The molecule has 0 bridgehead atoms. The highest BCUT2D eigenvalue weighted by atomic mass is 16.6. The Labute approximate surface area is 279 Å². The third-order valence-corrected chi connectivity index (χ3v) is 9.24. The maximum atomic E-state index is 6.07. The van der Waals surface area contributed by atoms with Gasteiger partial charge in [-0.1, -0.05) is 82.9 Å². The van der Waals surface area contributed by atoms with Gasteiger partial charge in [-0.2, -0.15) is 5.48 Å². The minimum Gasteiger partial charge on any atom is -0.498 e. The van der Waals surface area contributed by atoms with Gasteiger partial charge in [0.05, 0.1) is 19.0 Å². The molecule has 254 valence electrons. The van der Waals surface area contributed by atoms with Crippen molar-refractivity contribution in [1.82, 2.24) is 5.48 Å². The molecule has 0 spiro atoms. The van der Waals surface area contributed by atoms with Gasteiger partial charge in [-0.3, -0.25) is 0 Å². The second-order valence-electron chi connectivity index (χ2n) is 14.2. The molecular formula is C42H69NO2. The van der Waals surface area contributed by atoms with Crippen LogP contribution in [0.5, 0.6) is 0 Å². The van der Waals surface area contributed by atoms with Crippen LogP contribution in [0.4, 0.5) is 0 Å². The largest absolute Gasteiger partial charge is 0.498 e. The van der Waals surface area contributed by atoms with Crippen LogP contribution in [0.1, 0.15) is 157 Å². The number of allylic oxidation sites excluding steroid dienone is 12. The molecule has 45 heavy (non-hydrogen) atoms. The van der Waals surface area contributed by atoms with Crippen LogP contribution >= 0.6 is 0 Å². The molecule has 2 aliphatic rings. The minimum absolute atomic E-state index is 0.462. The molecule has 2 aliphatic carbocycles. The zero-order valence-electron chi connectivity index (χ0n) is 30.3. The molecule has 0 fully saturated rings. The van der Waals surface area contributed by atoms with Crippen LogP contribution in [0.25, 0.3) is 0 Å². The van der Waals surface area contributed by atoms with Gasteiger partial charge in [-0.05, 0) is 151 Å². The highest BCUT2D eigenvalue weighted by Crippen LogP contribution is 2.31. The highest BCUT2D eigenvalue weighted by Gasteiger charge is 2.18. The lowest BCUT2D eigenvalue weighted by molar-refractivity contribution is 0.0112. The predicted octanol–water partition coefficient (Wildman–Crippen LogP) is 12.7. The average Bonchev–Trinajstić information content (AvgIpc) is 3.01. The van der Waals surface area contributed by atoms with Crippen molar-refractivity contribution in [2.45, 2.75) is 163 Å². The van der Waals surface area contributed by atoms with Gasteiger partial charge in [0.2, 0.25) is 0 Å². The fraction of sp³-hybridized carbons (Fsp3) is 0.667. The van der Waals surface area contributed by atoms with E-state index in [0.717, 1.165) is 44.7 Å². The second kappa shape index (κ2) is 24.1. The van der Waals surface area contributed by atoms with E-state index >= 15 is 0 Å². The molecule has 3 heteroatoms. The van der Waals surface area contributed by atoms with Gasteiger partial charge in [-0.15, -0.1) is 0 Å². The summed E-state index contributed by atoms with van der Waals surface area (Å²) in [5.74, 6) is 1.49. The molecule has 0 saturated carbocycles. The first kappa shape index (κ1) is 39.1. The Bertz CT molecular complexity index is 1030. The zero-order chi connectivity index (χ0) is 32.7. The minimum atomic E-state index is 0.462.